The molecule has 20 heavy (non-hydrogen) atoms. The Bertz CT molecular complexity index is 346. The number of rotatable bonds is 12. The Balaban J connectivity index is 3.83. The Labute approximate surface area is 124 Å². The van der Waals surface area contributed by atoms with Crippen LogP contribution in [-0.2, 0) is 9.84 Å². The van der Waals surface area contributed by atoms with Crippen molar-refractivity contribution in [1.82, 2.24) is 10.2 Å². The summed E-state index contributed by atoms with van der Waals surface area (Å²) in [6, 6.07) is 0. The predicted molar refractivity (Wildman–Crippen MR) is 84.8 cm³/mol. The number of hydrogen-bond donors (Lipinski definition) is 2. The van der Waals surface area contributed by atoms with Gasteiger partial charge in [-0.15, -0.1) is 0 Å². The number of aliphatic hydroxyl groups is 1. The molecule has 0 saturated carbocycles. The summed E-state index contributed by atoms with van der Waals surface area (Å²) < 4.78 is 22.1. The molecule has 0 amide bonds. The van der Waals surface area contributed by atoms with E-state index >= 15 is 0 Å². The molecule has 0 bridgehead atoms. The van der Waals surface area contributed by atoms with Crippen molar-refractivity contribution in [2.75, 3.05) is 45.3 Å². The fourth-order valence-electron chi connectivity index (χ4n) is 1.98. The van der Waals surface area contributed by atoms with Crippen LogP contribution in [0.2, 0.25) is 0 Å². The Morgan fingerprint density at radius 2 is 1.90 bits per heavy atom. The van der Waals surface area contributed by atoms with Gasteiger partial charge in [-0.05, 0) is 46.3 Å². The summed E-state index contributed by atoms with van der Waals surface area (Å²) in [6.07, 6.45) is 5.31. The van der Waals surface area contributed by atoms with E-state index in [1.54, 1.807) is 0 Å². The molecule has 0 heterocycles. The normalized spacial score (nSPS) is 15.5. The maximum absolute atomic E-state index is 11.1. The molecule has 0 rings (SSSR count). The molecule has 0 aromatic heterocycles. The summed E-state index contributed by atoms with van der Waals surface area (Å²) in [7, 11) is -0.922. The molecule has 5 nitrogen and oxygen atoms in total. The zero-order valence-corrected chi connectivity index (χ0v) is 14.3. The average Bonchev–Trinajstić information content (AvgIpc) is 2.38. The highest BCUT2D eigenvalue weighted by Crippen LogP contribution is 2.13. The number of unbranched alkanes of at least 4 members (excludes halogenated alkanes) is 1. The zero-order valence-electron chi connectivity index (χ0n) is 13.5. The molecule has 1 unspecified atom stereocenters. The van der Waals surface area contributed by atoms with Gasteiger partial charge in [0, 0.05) is 18.3 Å². The molecule has 6 heteroatoms. The van der Waals surface area contributed by atoms with Gasteiger partial charge in [0.25, 0.3) is 0 Å². The third-order valence-electron chi connectivity index (χ3n) is 3.51. The minimum Gasteiger partial charge on any atom is -0.394 e. The molecule has 0 aliphatic rings. The second kappa shape index (κ2) is 9.71. The minimum absolute atomic E-state index is 0.150. The predicted octanol–water partition coefficient (Wildman–Crippen LogP) is 0.884. The van der Waals surface area contributed by atoms with Gasteiger partial charge in [0.15, 0.2) is 0 Å². The number of nitrogens with zero attached hydrogens (tertiary/aromatic N) is 1. The van der Waals surface area contributed by atoms with E-state index in [-0.39, 0.29) is 17.9 Å². The standard InChI is InChI=1S/C14H32N2O3S/c1-5-9-15-14(2,13-17)8-6-7-10-16(3)11-12-20(4,18)19/h15,17H,5-13H2,1-4H3. The molecule has 1 atom stereocenters. The van der Waals surface area contributed by atoms with E-state index in [1.165, 1.54) is 6.26 Å². The van der Waals surface area contributed by atoms with Crippen LogP contribution >= 0.6 is 0 Å². The lowest BCUT2D eigenvalue weighted by atomic mass is 9.95. The van der Waals surface area contributed by atoms with E-state index in [2.05, 4.69) is 24.1 Å². The third-order valence-corrected chi connectivity index (χ3v) is 4.44. The first-order valence-corrected chi connectivity index (χ1v) is 9.50. The SMILES string of the molecule is CCCNC(C)(CO)CCCCN(C)CCS(C)(=O)=O. The summed E-state index contributed by atoms with van der Waals surface area (Å²) in [5, 5.41) is 12.8. The van der Waals surface area contributed by atoms with E-state index in [0.717, 1.165) is 38.8 Å². The van der Waals surface area contributed by atoms with Crippen molar-refractivity contribution in [3.05, 3.63) is 0 Å². The van der Waals surface area contributed by atoms with Gasteiger partial charge in [-0.3, -0.25) is 0 Å². The van der Waals surface area contributed by atoms with Gasteiger partial charge >= 0.3 is 0 Å². The van der Waals surface area contributed by atoms with E-state index in [1.807, 2.05) is 7.05 Å². The summed E-state index contributed by atoms with van der Waals surface area (Å²) in [5.74, 6) is 0.218. The van der Waals surface area contributed by atoms with E-state index < -0.39 is 9.84 Å². The monoisotopic (exact) mass is 308 g/mol. The van der Waals surface area contributed by atoms with Crippen LogP contribution in [0.15, 0.2) is 0 Å². The Morgan fingerprint density at radius 3 is 2.40 bits per heavy atom. The lowest BCUT2D eigenvalue weighted by Crippen LogP contribution is -2.46. The molecule has 122 valence electrons. The van der Waals surface area contributed by atoms with Crippen molar-refractivity contribution in [1.29, 1.82) is 0 Å². The van der Waals surface area contributed by atoms with Crippen molar-refractivity contribution in [2.24, 2.45) is 0 Å². The topological polar surface area (TPSA) is 69.6 Å². The third kappa shape index (κ3) is 10.6. The lowest BCUT2D eigenvalue weighted by molar-refractivity contribution is 0.161. The molecule has 0 aliphatic heterocycles. The van der Waals surface area contributed by atoms with Crippen LogP contribution in [0.3, 0.4) is 0 Å². The molecule has 0 aliphatic carbocycles. The van der Waals surface area contributed by atoms with Crippen molar-refractivity contribution in [2.45, 2.75) is 45.1 Å². The first-order valence-electron chi connectivity index (χ1n) is 7.44. The Hall–Kier alpha value is -0.170. The summed E-state index contributed by atoms with van der Waals surface area (Å²) in [6.45, 7) is 6.72. The molecule has 0 fully saturated rings. The smallest absolute Gasteiger partial charge is 0.148 e. The van der Waals surface area contributed by atoms with E-state index in [9.17, 15) is 13.5 Å². The van der Waals surface area contributed by atoms with E-state index in [4.69, 9.17) is 0 Å². The molecule has 0 aromatic carbocycles. The van der Waals surface area contributed by atoms with Crippen LogP contribution < -0.4 is 5.32 Å². The number of hydrogen-bond acceptors (Lipinski definition) is 5. The van der Waals surface area contributed by atoms with Crippen molar-refractivity contribution in [3.8, 4) is 0 Å². The van der Waals surface area contributed by atoms with Crippen LogP contribution in [0.4, 0.5) is 0 Å². The second-order valence-corrected chi connectivity index (χ2v) is 8.30. The largest absolute Gasteiger partial charge is 0.394 e. The molecule has 0 spiro atoms. The van der Waals surface area contributed by atoms with E-state index in [0.29, 0.717) is 6.54 Å². The average molecular weight is 308 g/mol. The highest BCUT2D eigenvalue weighted by molar-refractivity contribution is 7.90. The number of aliphatic hydroxyl groups excluding tert-OH is 1. The van der Waals surface area contributed by atoms with Crippen molar-refractivity contribution >= 4 is 9.84 Å². The summed E-state index contributed by atoms with van der Waals surface area (Å²) in [4.78, 5) is 2.05. The minimum atomic E-state index is -2.87. The summed E-state index contributed by atoms with van der Waals surface area (Å²) in [5.41, 5.74) is -0.193. The van der Waals surface area contributed by atoms with Crippen LogP contribution in [0.1, 0.15) is 39.5 Å². The quantitative estimate of drug-likeness (QED) is 0.524. The van der Waals surface area contributed by atoms with Gasteiger partial charge in [0.2, 0.25) is 0 Å². The van der Waals surface area contributed by atoms with Gasteiger partial charge in [-0.2, -0.15) is 0 Å². The molecule has 0 radical (unpaired) electrons. The number of sulfone groups is 1. The van der Waals surface area contributed by atoms with Gasteiger partial charge in [-0.1, -0.05) is 13.3 Å². The van der Waals surface area contributed by atoms with Gasteiger partial charge in [0.05, 0.1) is 12.4 Å². The first-order chi connectivity index (χ1) is 9.22. The van der Waals surface area contributed by atoms with Crippen LogP contribution in [-0.4, -0.2) is 69.3 Å². The summed E-state index contributed by atoms with van der Waals surface area (Å²) >= 11 is 0. The number of nitrogens with one attached hydrogen (secondary N) is 1. The van der Waals surface area contributed by atoms with Crippen molar-refractivity contribution in [3.63, 3.8) is 0 Å². The van der Waals surface area contributed by atoms with Crippen molar-refractivity contribution < 1.29 is 13.5 Å². The molecule has 0 aromatic rings. The molecule has 2 N–H and O–H groups in total. The van der Waals surface area contributed by atoms with Crippen LogP contribution in [0.25, 0.3) is 0 Å². The van der Waals surface area contributed by atoms with Gasteiger partial charge in [0.1, 0.15) is 9.84 Å². The fourth-order valence-corrected chi connectivity index (χ4v) is 2.62. The second-order valence-electron chi connectivity index (χ2n) is 6.04. The van der Waals surface area contributed by atoms with Crippen LogP contribution in [0.5, 0.6) is 0 Å². The zero-order chi connectivity index (χ0) is 15.6. The molecular formula is C14H32N2O3S. The Morgan fingerprint density at radius 1 is 1.25 bits per heavy atom. The fraction of sp³-hybridized carbons (Fsp3) is 1.00. The highest BCUT2D eigenvalue weighted by atomic mass is 32.2. The van der Waals surface area contributed by atoms with Gasteiger partial charge < -0.3 is 15.3 Å². The Kier molecular flexibility index (Phi) is 9.63. The van der Waals surface area contributed by atoms with Gasteiger partial charge in [-0.25, -0.2) is 8.42 Å². The molecular weight excluding hydrogens is 276 g/mol. The molecule has 0 saturated heterocycles. The lowest BCUT2D eigenvalue weighted by Gasteiger charge is -2.29. The maximum Gasteiger partial charge on any atom is 0.148 e. The maximum atomic E-state index is 11.1. The van der Waals surface area contributed by atoms with Crippen LogP contribution in [0, 0.1) is 0 Å². The first kappa shape index (κ1) is 19.8. The highest BCUT2D eigenvalue weighted by Gasteiger charge is 2.21.